The molecule has 1 aliphatic carbocycles. The Morgan fingerprint density at radius 1 is 1.23 bits per heavy atom. The van der Waals surface area contributed by atoms with Crippen molar-refractivity contribution >= 4 is 12.6 Å². The third-order valence-electron chi connectivity index (χ3n) is 2.73. The van der Waals surface area contributed by atoms with Crippen molar-refractivity contribution in [3.8, 4) is 0 Å². The Morgan fingerprint density at radius 2 is 2.00 bits per heavy atom. The van der Waals surface area contributed by atoms with Crippen molar-refractivity contribution in [1.29, 1.82) is 0 Å². The molecular formula is C12H14S. The van der Waals surface area contributed by atoms with Crippen LogP contribution in [0.5, 0.6) is 0 Å². The number of thiol groups is 1. The molecule has 0 bridgehead atoms. The van der Waals surface area contributed by atoms with Crippen LogP contribution in [-0.2, 0) is 0 Å². The van der Waals surface area contributed by atoms with Gasteiger partial charge in [0.1, 0.15) is 0 Å². The maximum absolute atomic E-state index is 4.56. The minimum atomic E-state index is 0.285. The first kappa shape index (κ1) is 8.89. The summed E-state index contributed by atoms with van der Waals surface area (Å²) in [7, 11) is 0. The van der Waals surface area contributed by atoms with Gasteiger partial charge in [0.15, 0.2) is 0 Å². The maximum atomic E-state index is 4.56. The minimum Gasteiger partial charge on any atom is -0.167 e. The van der Waals surface area contributed by atoms with E-state index < -0.39 is 0 Å². The van der Waals surface area contributed by atoms with Crippen molar-refractivity contribution in [3.05, 3.63) is 47.0 Å². The Kier molecular flexibility index (Phi) is 2.20. The molecule has 0 aliphatic heterocycles. The molecule has 2 rings (SSSR count). The standard InChI is InChI=1S/C12H14S/c1-8-6-7-11(13)12-9(2)4-3-5-10(8)12/h3-8,11,13H,1-2H3/t8?,11-/m1/s1. The van der Waals surface area contributed by atoms with Gasteiger partial charge < -0.3 is 0 Å². The third-order valence-corrected chi connectivity index (χ3v) is 3.16. The molecule has 0 saturated carbocycles. The molecule has 0 amide bonds. The van der Waals surface area contributed by atoms with Crippen molar-refractivity contribution < 1.29 is 0 Å². The van der Waals surface area contributed by atoms with Crippen LogP contribution in [-0.4, -0.2) is 0 Å². The van der Waals surface area contributed by atoms with Gasteiger partial charge in [0.25, 0.3) is 0 Å². The zero-order chi connectivity index (χ0) is 9.42. The van der Waals surface area contributed by atoms with E-state index in [1.54, 1.807) is 0 Å². The summed E-state index contributed by atoms with van der Waals surface area (Å²) in [6, 6.07) is 6.50. The second-order valence-corrected chi connectivity index (χ2v) is 4.25. The van der Waals surface area contributed by atoms with Crippen LogP contribution >= 0.6 is 12.6 Å². The fourth-order valence-corrected chi connectivity index (χ4v) is 2.43. The third kappa shape index (κ3) is 1.42. The molecule has 0 N–H and O–H groups in total. The van der Waals surface area contributed by atoms with Crippen LogP contribution in [0.25, 0.3) is 0 Å². The van der Waals surface area contributed by atoms with Gasteiger partial charge in [0, 0.05) is 5.25 Å². The molecule has 0 radical (unpaired) electrons. The monoisotopic (exact) mass is 190 g/mol. The van der Waals surface area contributed by atoms with E-state index in [2.05, 4.69) is 56.8 Å². The van der Waals surface area contributed by atoms with Crippen LogP contribution in [0.4, 0.5) is 0 Å². The van der Waals surface area contributed by atoms with E-state index in [-0.39, 0.29) is 5.25 Å². The fourth-order valence-electron chi connectivity index (χ4n) is 1.98. The smallest absolute Gasteiger partial charge is 0.0452 e. The number of aryl methyl sites for hydroxylation is 1. The lowest BCUT2D eigenvalue weighted by Crippen LogP contribution is -2.05. The van der Waals surface area contributed by atoms with Gasteiger partial charge in [-0.1, -0.05) is 37.3 Å². The Bertz CT molecular complexity index is 352. The van der Waals surface area contributed by atoms with Gasteiger partial charge in [0.05, 0.1) is 0 Å². The molecule has 0 heterocycles. The van der Waals surface area contributed by atoms with E-state index in [4.69, 9.17) is 0 Å². The lowest BCUT2D eigenvalue weighted by atomic mass is 9.86. The number of hydrogen-bond acceptors (Lipinski definition) is 1. The molecule has 1 aromatic carbocycles. The van der Waals surface area contributed by atoms with E-state index in [9.17, 15) is 0 Å². The summed E-state index contributed by atoms with van der Waals surface area (Å²) in [5.74, 6) is 0.540. The molecule has 13 heavy (non-hydrogen) atoms. The summed E-state index contributed by atoms with van der Waals surface area (Å²) >= 11 is 4.56. The Labute approximate surface area is 85.1 Å². The molecule has 0 saturated heterocycles. The molecule has 1 heteroatoms. The quantitative estimate of drug-likeness (QED) is 0.468. The van der Waals surface area contributed by atoms with E-state index >= 15 is 0 Å². The Balaban J connectivity index is 2.62. The molecule has 2 atom stereocenters. The van der Waals surface area contributed by atoms with E-state index in [1.807, 2.05) is 0 Å². The number of hydrogen-bond donors (Lipinski definition) is 1. The van der Waals surface area contributed by atoms with Gasteiger partial charge in [-0.25, -0.2) is 0 Å². The van der Waals surface area contributed by atoms with Crippen LogP contribution in [0, 0.1) is 6.92 Å². The number of allylic oxidation sites excluding steroid dienone is 1. The van der Waals surface area contributed by atoms with Gasteiger partial charge in [-0.3, -0.25) is 0 Å². The maximum Gasteiger partial charge on any atom is 0.0452 e. The second-order valence-electron chi connectivity index (χ2n) is 3.70. The lowest BCUT2D eigenvalue weighted by Gasteiger charge is -2.23. The Morgan fingerprint density at radius 3 is 2.69 bits per heavy atom. The first-order chi connectivity index (χ1) is 6.20. The predicted octanol–water partition coefficient (Wildman–Crippen LogP) is 3.64. The zero-order valence-corrected chi connectivity index (χ0v) is 8.88. The highest BCUT2D eigenvalue weighted by Gasteiger charge is 2.18. The van der Waals surface area contributed by atoms with Crippen molar-refractivity contribution in [1.82, 2.24) is 0 Å². The normalized spacial score (nSPS) is 25.8. The van der Waals surface area contributed by atoms with Crippen molar-refractivity contribution in [3.63, 3.8) is 0 Å². The predicted molar refractivity (Wildman–Crippen MR) is 60.5 cm³/mol. The summed E-state index contributed by atoms with van der Waals surface area (Å²) in [4.78, 5) is 0. The summed E-state index contributed by atoms with van der Waals surface area (Å²) in [5.41, 5.74) is 4.19. The van der Waals surface area contributed by atoms with Gasteiger partial charge in [-0.05, 0) is 29.5 Å². The molecule has 1 aromatic rings. The van der Waals surface area contributed by atoms with Gasteiger partial charge in [-0.2, -0.15) is 12.6 Å². The molecule has 1 aliphatic rings. The SMILES string of the molecule is Cc1cccc2c1[C@H](S)C=CC2C. The summed E-state index contributed by atoms with van der Waals surface area (Å²) in [6.45, 7) is 4.39. The average molecular weight is 190 g/mol. The molecule has 1 unspecified atom stereocenters. The van der Waals surface area contributed by atoms with Crippen molar-refractivity contribution in [2.75, 3.05) is 0 Å². The van der Waals surface area contributed by atoms with Gasteiger partial charge in [-0.15, -0.1) is 0 Å². The van der Waals surface area contributed by atoms with Gasteiger partial charge >= 0.3 is 0 Å². The largest absolute Gasteiger partial charge is 0.167 e. The molecule has 0 fully saturated rings. The highest BCUT2D eigenvalue weighted by Crippen LogP contribution is 2.37. The highest BCUT2D eigenvalue weighted by atomic mass is 32.1. The lowest BCUT2D eigenvalue weighted by molar-refractivity contribution is 0.896. The number of benzene rings is 1. The summed E-state index contributed by atoms with van der Waals surface area (Å²) in [5, 5.41) is 0.285. The molecule has 0 nitrogen and oxygen atoms in total. The molecule has 0 spiro atoms. The van der Waals surface area contributed by atoms with Crippen LogP contribution in [0.3, 0.4) is 0 Å². The van der Waals surface area contributed by atoms with Crippen LogP contribution < -0.4 is 0 Å². The second kappa shape index (κ2) is 3.22. The van der Waals surface area contributed by atoms with Crippen LogP contribution in [0.1, 0.15) is 34.8 Å². The van der Waals surface area contributed by atoms with E-state index in [0.717, 1.165) is 0 Å². The van der Waals surface area contributed by atoms with Gasteiger partial charge in [0.2, 0.25) is 0 Å². The highest BCUT2D eigenvalue weighted by molar-refractivity contribution is 7.80. The van der Waals surface area contributed by atoms with Crippen LogP contribution in [0.2, 0.25) is 0 Å². The fraction of sp³-hybridized carbons (Fsp3) is 0.333. The van der Waals surface area contributed by atoms with Crippen molar-refractivity contribution in [2.24, 2.45) is 0 Å². The Hall–Kier alpha value is -0.690. The first-order valence-electron chi connectivity index (χ1n) is 4.66. The number of rotatable bonds is 0. The molecule has 0 aromatic heterocycles. The van der Waals surface area contributed by atoms with Crippen molar-refractivity contribution in [2.45, 2.75) is 25.0 Å². The zero-order valence-electron chi connectivity index (χ0n) is 7.99. The molecular weight excluding hydrogens is 176 g/mol. The van der Waals surface area contributed by atoms with Crippen LogP contribution in [0.15, 0.2) is 30.4 Å². The topological polar surface area (TPSA) is 0 Å². The molecule has 68 valence electrons. The first-order valence-corrected chi connectivity index (χ1v) is 5.17. The number of fused-ring (bicyclic) bond motifs is 1. The van der Waals surface area contributed by atoms with E-state index in [1.165, 1.54) is 16.7 Å². The minimum absolute atomic E-state index is 0.285. The summed E-state index contributed by atoms with van der Waals surface area (Å²) in [6.07, 6.45) is 4.42. The summed E-state index contributed by atoms with van der Waals surface area (Å²) < 4.78 is 0. The average Bonchev–Trinajstić information content (AvgIpc) is 2.12. The van der Waals surface area contributed by atoms with E-state index in [0.29, 0.717) is 5.92 Å².